The van der Waals surface area contributed by atoms with Crippen molar-refractivity contribution in [1.29, 1.82) is 0 Å². The van der Waals surface area contributed by atoms with E-state index in [4.69, 9.17) is 0 Å². The maximum atomic E-state index is 11.3. The monoisotopic (exact) mass is 208 g/mol. The van der Waals surface area contributed by atoms with Crippen LogP contribution in [0.1, 0.15) is 25.6 Å². The SMILES string of the molecule is CNC(=O)C(C)NC(C)c1cnccn1. The summed E-state index contributed by atoms with van der Waals surface area (Å²) in [5.41, 5.74) is 0.827. The Bertz CT molecular complexity index is 314. The molecule has 0 aliphatic rings. The Morgan fingerprint density at radius 1 is 1.40 bits per heavy atom. The first-order valence-electron chi connectivity index (χ1n) is 4.88. The molecule has 1 aromatic rings. The van der Waals surface area contributed by atoms with Crippen LogP contribution in [-0.2, 0) is 4.79 Å². The number of carbonyl (C=O) groups is 1. The van der Waals surface area contributed by atoms with Crippen LogP contribution in [-0.4, -0.2) is 29.0 Å². The summed E-state index contributed by atoms with van der Waals surface area (Å²) in [5, 5.41) is 5.72. The van der Waals surface area contributed by atoms with E-state index in [0.717, 1.165) is 5.69 Å². The normalized spacial score (nSPS) is 14.3. The van der Waals surface area contributed by atoms with E-state index in [-0.39, 0.29) is 18.0 Å². The van der Waals surface area contributed by atoms with E-state index in [9.17, 15) is 4.79 Å². The Hall–Kier alpha value is -1.49. The van der Waals surface area contributed by atoms with Gasteiger partial charge in [-0.3, -0.25) is 20.1 Å². The summed E-state index contributed by atoms with van der Waals surface area (Å²) in [6.45, 7) is 3.76. The number of aromatic nitrogens is 2. The molecule has 0 aliphatic heterocycles. The van der Waals surface area contributed by atoms with Gasteiger partial charge in [0, 0.05) is 31.7 Å². The molecular formula is C10H16N4O. The van der Waals surface area contributed by atoms with Crippen molar-refractivity contribution in [3.63, 3.8) is 0 Å². The highest BCUT2D eigenvalue weighted by Gasteiger charge is 2.15. The highest BCUT2D eigenvalue weighted by Crippen LogP contribution is 2.07. The van der Waals surface area contributed by atoms with Crippen molar-refractivity contribution in [2.45, 2.75) is 25.9 Å². The molecule has 0 saturated carbocycles. The maximum absolute atomic E-state index is 11.3. The lowest BCUT2D eigenvalue weighted by Crippen LogP contribution is -2.41. The molecule has 0 saturated heterocycles. The number of amides is 1. The summed E-state index contributed by atoms with van der Waals surface area (Å²) in [6, 6.07) is -0.238. The molecular weight excluding hydrogens is 192 g/mol. The fourth-order valence-corrected chi connectivity index (χ4v) is 1.29. The van der Waals surface area contributed by atoms with Crippen molar-refractivity contribution < 1.29 is 4.79 Å². The van der Waals surface area contributed by atoms with Crippen LogP contribution in [0.3, 0.4) is 0 Å². The molecule has 0 bridgehead atoms. The highest BCUT2D eigenvalue weighted by molar-refractivity contribution is 5.80. The van der Waals surface area contributed by atoms with Gasteiger partial charge < -0.3 is 5.32 Å². The van der Waals surface area contributed by atoms with E-state index < -0.39 is 0 Å². The van der Waals surface area contributed by atoms with E-state index in [1.807, 2.05) is 13.8 Å². The Morgan fingerprint density at radius 3 is 2.67 bits per heavy atom. The average molecular weight is 208 g/mol. The van der Waals surface area contributed by atoms with E-state index in [1.165, 1.54) is 0 Å². The van der Waals surface area contributed by atoms with Crippen LogP contribution in [0, 0.1) is 0 Å². The number of hydrogen-bond donors (Lipinski definition) is 2. The van der Waals surface area contributed by atoms with Gasteiger partial charge in [-0.2, -0.15) is 0 Å². The van der Waals surface area contributed by atoms with Crippen molar-refractivity contribution in [3.8, 4) is 0 Å². The van der Waals surface area contributed by atoms with Gasteiger partial charge in [0.2, 0.25) is 5.91 Å². The molecule has 5 nitrogen and oxygen atoms in total. The molecule has 2 unspecified atom stereocenters. The first-order valence-corrected chi connectivity index (χ1v) is 4.88. The molecule has 5 heteroatoms. The van der Waals surface area contributed by atoms with Gasteiger partial charge in [0.05, 0.1) is 11.7 Å². The van der Waals surface area contributed by atoms with Crippen LogP contribution >= 0.6 is 0 Å². The van der Waals surface area contributed by atoms with Gasteiger partial charge >= 0.3 is 0 Å². The second kappa shape index (κ2) is 5.41. The van der Waals surface area contributed by atoms with Crippen molar-refractivity contribution in [1.82, 2.24) is 20.6 Å². The zero-order valence-corrected chi connectivity index (χ0v) is 9.19. The molecule has 1 amide bonds. The van der Waals surface area contributed by atoms with Crippen LogP contribution in [0.25, 0.3) is 0 Å². The highest BCUT2D eigenvalue weighted by atomic mass is 16.2. The molecule has 1 heterocycles. The largest absolute Gasteiger partial charge is 0.358 e. The van der Waals surface area contributed by atoms with Crippen molar-refractivity contribution in [2.75, 3.05) is 7.05 Å². The van der Waals surface area contributed by atoms with Crippen LogP contribution in [0.4, 0.5) is 0 Å². The summed E-state index contributed by atoms with van der Waals surface area (Å²) in [7, 11) is 1.62. The molecule has 0 aromatic carbocycles. The first kappa shape index (κ1) is 11.6. The molecule has 1 aromatic heterocycles. The molecule has 82 valence electrons. The molecule has 15 heavy (non-hydrogen) atoms. The van der Waals surface area contributed by atoms with Crippen LogP contribution in [0.2, 0.25) is 0 Å². The number of likely N-dealkylation sites (N-methyl/N-ethyl adjacent to an activating group) is 1. The quantitative estimate of drug-likeness (QED) is 0.745. The Kier molecular flexibility index (Phi) is 4.17. The fourth-order valence-electron chi connectivity index (χ4n) is 1.29. The van der Waals surface area contributed by atoms with Crippen LogP contribution in [0.15, 0.2) is 18.6 Å². The maximum Gasteiger partial charge on any atom is 0.236 e. The smallest absolute Gasteiger partial charge is 0.236 e. The fraction of sp³-hybridized carbons (Fsp3) is 0.500. The Morgan fingerprint density at radius 2 is 2.13 bits per heavy atom. The number of carbonyl (C=O) groups excluding carboxylic acids is 1. The van der Waals surface area contributed by atoms with Crippen LogP contribution < -0.4 is 10.6 Å². The van der Waals surface area contributed by atoms with Gasteiger partial charge in [0.15, 0.2) is 0 Å². The lowest BCUT2D eigenvalue weighted by Gasteiger charge is -2.17. The van der Waals surface area contributed by atoms with Gasteiger partial charge in [-0.05, 0) is 13.8 Å². The van der Waals surface area contributed by atoms with Crippen molar-refractivity contribution in [2.24, 2.45) is 0 Å². The lowest BCUT2D eigenvalue weighted by atomic mass is 10.2. The third-order valence-corrected chi connectivity index (χ3v) is 2.17. The Labute approximate surface area is 89.3 Å². The predicted octanol–water partition coefficient (Wildman–Crippen LogP) is 0.262. The van der Waals surface area contributed by atoms with Crippen LogP contribution in [0.5, 0.6) is 0 Å². The van der Waals surface area contributed by atoms with E-state index in [1.54, 1.807) is 25.6 Å². The number of nitrogens with one attached hydrogen (secondary N) is 2. The summed E-state index contributed by atoms with van der Waals surface area (Å²) >= 11 is 0. The minimum Gasteiger partial charge on any atom is -0.358 e. The summed E-state index contributed by atoms with van der Waals surface area (Å²) in [6.07, 6.45) is 4.95. The van der Waals surface area contributed by atoms with Gasteiger partial charge in [0.1, 0.15) is 0 Å². The second-order valence-corrected chi connectivity index (χ2v) is 3.35. The minimum atomic E-state index is -0.244. The number of nitrogens with zero attached hydrogens (tertiary/aromatic N) is 2. The summed E-state index contributed by atoms with van der Waals surface area (Å²) in [4.78, 5) is 19.4. The molecule has 1 rings (SSSR count). The number of rotatable bonds is 4. The van der Waals surface area contributed by atoms with E-state index in [2.05, 4.69) is 20.6 Å². The van der Waals surface area contributed by atoms with Gasteiger partial charge in [-0.15, -0.1) is 0 Å². The summed E-state index contributed by atoms with van der Waals surface area (Å²) in [5.74, 6) is -0.0364. The van der Waals surface area contributed by atoms with E-state index in [0.29, 0.717) is 0 Å². The third kappa shape index (κ3) is 3.28. The lowest BCUT2D eigenvalue weighted by molar-refractivity contribution is -0.122. The molecule has 0 fully saturated rings. The standard InChI is InChI=1S/C10H16N4O/c1-7(9-6-12-4-5-13-9)14-8(2)10(15)11-3/h4-8,14H,1-3H3,(H,11,15). The van der Waals surface area contributed by atoms with E-state index >= 15 is 0 Å². The molecule has 2 N–H and O–H groups in total. The molecule has 0 spiro atoms. The first-order chi connectivity index (χ1) is 7.15. The molecule has 2 atom stereocenters. The minimum absolute atomic E-state index is 0.00556. The molecule has 0 aliphatic carbocycles. The topological polar surface area (TPSA) is 66.9 Å². The third-order valence-electron chi connectivity index (χ3n) is 2.17. The van der Waals surface area contributed by atoms with Crippen molar-refractivity contribution >= 4 is 5.91 Å². The van der Waals surface area contributed by atoms with Gasteiger partial charge in [-0.1, -0.05) is 0 Å². The predicted molar refractivity (Wildman–Crippen MR) is 57.1 cm³/mol. The zero-order chi connectivity index (χ0) is 11.3. The van der Waals surface area contributed by atoms with Crippen molar-refractivity contribution in [3.05, 3.63) is 24.3 Å². The van der Waals surface area contributed by atoms with Gasteiger partial charge in [0.25, 0.3) is 0 Å². The average Bonchev–Trinajstić information content (AvgIpc) is 2.29. The molecule has 0 radical (unpaired) electrons. The number of hydrogen-bond acceptors (Lipinski definition) is 4. The Balaban J connectivity index is 2.56. The summed E-state index contributed by atoms with van der Waals surface area (Å²) < 4.78 is 0. The second-order valence-electron chi connectivity index (χ2n) is 3.35. The van der Waals surface area contributed by atoms with Gasteiger partial charge in [-0.25, -0.2) is 0 Å². The zero-order valence-electron chi connectivity index (χ0n) is 9.19.